The first-order valence-corrected chi connectivity index (χ1v) is 10.0. The number of piperidine rings is 1. The van der Waals surface area contributed by atoms with E-state index >= 15 is 0 Å². The molecule has 0 aromatic carbocycles. The van der Waals surface area contributed by atoms with Crippen LogP contribution in [0.5, 0.6) is 0 Å². The van der Waals surface area contributed by atoms with Crippen LogP contribution in [0, 0.1) is 6.92 Å². The summed E-state index contributed by atoms with van der Waals surface area (Å²) in [6, 6.07) is 10.6. The number of hydrogen-bond acceptors (Lipinski definition) is 4. The molecule has 3 heterocycles. The second kappa shape index (κ2) is 10.00. The average Bonchev–Trinajstić information content (AvgIpc) is 3.20. The van der Waals surface area contributed by atoms with Gasteiger partial charge in [0.2, 0.25) is 0 Å². The van der Waals surface area contributed by atoms with E-state index in [9.17, 15) is 0 Å². The van der Waals surface area contributed by atoms with Crippen molar-refractivity contribution in [1.29, 1.82) is 0 Å². The lowest BCUT2D eigenvalue weighted by molar-refractivity contribution is 0.458. The molecule has 0 unspecified atom stereocenters. The number of aliphatic imine (C=N–C) groups is 1. The average molecular weight is 370 g/mol. The second-order valence-corrected chi connectivity index (χ2v) is 7.03. The lowest BCUT2D eigenvalue weighted by atomic mass is 10.1. The summed E-state index contributed by atoms with van der Waals surface area (Å²) in [6.45, 7) is 7.88. The number of rotatable bonds is 7. The van der Waals surface area contributed by atoms with Gasteiger partial charge in [-0.25, -0.2) is 4.98 Å². The highest BCUT2D eigenvalue weighted by atomic mass is 16.3. The van der Waals surface area contributed by atoms with E-state index in [-0.39, 0.29) is 0 Å². The van der Waals surface area contributed by atoms with Crippen molar-refractivity contribution in [1.82, 2.24) is 15.6 Å². The fraction of sp³-hybridized carbons (Fsp3) is 0.524. The summed E-state index contributed by atoms with van der Waals surface area (Å²) in [5.41, 5.74) is 1.07. The molecule has 2 aromatic rings. The van der Waals surface area contributed by atoms with E-state index in [0.29, 0.717) is 6.04 Å². The van der Waals surface area contributed by atoms with Gasteiger partial charge >= 0.3 is 0 Å². The molecule has 6 heteroatoms. The number of pyridine rings is 1. The molecule has 0 bridgehead atoms. The van der Waals surface area contributed by atoms with Crippen LogP contribution in [0.2, 0.25) is 0 Å². The molecule has 6 nitrogen and oxygen atoms in total. The highest BCUT2D eigenvalue weighted by Crippen LogP contribution is 2.18. The molecule has 1 saturated heterocycles. The fourth-order valence-corrected chi connectivity index (χ4v) is 3.29. The smallest absolute Gasteiger partial charge is 0.191 e. The first-order valence-electron chi connectivity index (χ1n) is 10.0. The summed E-state index contributed by atoms with van der Waals surface area (Å²) in [4.78, 5) is 11.7. The van der Waals surface area contributed by atoms with Crippen LogP contribution in [-0.2, 0) is 6.42 Å². The van der Waals surface area contributed by atoms with Gasteiger partial charge in [0.1, 0.15) is 11.6 Å². The maximum atomic E-state index is 5.40. The Morgan fingerprint density at radius 2 is 2.11 bits per heavy atom. The Labute approximate surface area is 162 Å². The number of furan rings is 1. The van der Waals surface area contributed by atoms with Crippen LogP contribution in [0.15, 0.2) is 46.0 Å². The maximum absolute atomic E-state index is 5.40. The molecule has 27 heavy (non-hydrogen) atoms. The number of anilines is 1. The third-order valence-corrected chi connectivity index (χ3v) is 4.77. The van der Waals surface area contributed by atoms with E-state index in [4.69, 9.17) is 4.42 Å². The molecular formula is C21H31N5O. The summed E-state index contributed by atoms with van der Waals surface area (Å²) >= 11 is 0. The van der Waals surface area contributed by atoms with Crippen LogP contribution in [-0.4, -0.2) is 43.2 Å². The van der Waals surface area contributed by atoms with Gasteiger partial charge in [0, 0.05) is 44.3 Å². The molecule has 0 amide bonds. The lowest BCUT2D eigenvalue weighted by Gasteiger charge is -2.34. The minimum absolute atomic E-state index is 0.442. The monoisotopic (exact) mass is 369 g/mol. The molecule has 0 spiro atoms. The Hall–Kier alpha value is -2.50. The van der Waals surface area contributed by atoms with Gasteiger partial charge in [-0.05, 0) is 50.5 Å². The summed E-state index contributed by atoms with van der Waals surface area (Å²) in [7, 11) is 0. The Morgan fingerprint density at radius 3 is 2.81 bits per heavy atom. The Bertz CT molecular complexity index is 705. The van der Waals surface area contributed by atoms with Crippen LogP contribution in [0.1, 0.15) is 37.6 Å². The van der Waals surface area contributed by atoms with Gasteiger partial charge in [-0.15, -0.1) is 0 Å². The fourth-order valence-electron chi connectivity index (χ4n) is 3.29. The van der Waals surface area contributed by atoms with Crippen molar-refractivity contribution >= 4 is 11.8 Å². The molecule has 0 radical (unpaired) electrons. The first kappa shape index (κ1) is 19.3. The van der Waals surface area contributed by atoms with Gasteiger partial charge in [-0.3, -0.25) is 4.99 Å². The van der Waals surface area contributed by atoms with Crippen molar-refractivity contribution in [2.24, 2.45) is 4.99 Å². The number of nitrogens with one attached hydrogen (secondary N) is 2. The third kappa shape index (κ3) is 6.01. The molecule has 1 fully saturated rings. The van der Waals surface area contributed by atoms with E-state index in [1.54, 1.807) is 6.26 Å². The Balaban J connectivity index is 1.47. The number of guanidine groups is 1. The van der Waals surface area contributed by atoms with Crippen molar-refractivity contribution < 1.29 is 4.42 Å². The molecule has 1 aliphatic heterocycles. The minimum Gasteiger partial charge on any atom is -0.469 e. The van der Waals surface area contributed by atoms with Gasteiger partial charge < -0.3 is 20.0 Å². The molecular weight excluding hydrogens is 338 g/mol. The van der Waals surface area contributed by atoms with E-state index in [0.717, 1.165) is 75.1 Å². The summed E-state index contributed by atoms with van der Waals surface area (Å²) in [5, 5.41) is 7.06. The minimum atomic E-state index is 0.442. The number of hydrogen-bond donors (Lipinski definition) is 2. The number of nitrogens with zero attached hydrogens (tertiary/aromatic N) is 3. The number of aromatic nitrogens is 1. The van der Waals surface area contributed by atoms with Gasteiger partial charge in [0.25, 0.3) is 0 Å². The quantitative estimate of drug-likeness (QED) is 0.580. The van der Waals surface area contributed by atoms with Crippen LogP contribution in [0.4, 0.5) is 5.82 Å². The van der Waals surface area contributed by atoms with Crippen molar-refractivity contribution in [3.05, 3.63) is 48.0 Å². The van der Waals surface area contributed by atoms with E-state index in [2.05, 4.69) is 44.6 Å². The van der Waals surface area contributed by atoms with Crippen LogP contribution in [0.3, 0.4) is 0 Å². The van der Waals surface area contributed by atoms with Gasteiger partial charge in [-0.2, -0.15) is 0 Å². The molecule has 2 aromatic heterocycles. The van der Waals surface area contributed by atoms with Crippen molar-refractivity contribution in [2.45, 2.75) is 45.6 Å². The molecule has 2 N–H and O–H groups in total. The van der Waals surface area contributed by atoms with Gasteiger partial charge in [0.05, 0.1) is 6.26 Å². The van der Waals surface area contributed by atoms with E-state index < -0.39 is 0 Å². The van der Waals surface area contributed by atoms with Crippen LogP contribution < -0.4 is 15.5 Å². The standard InChI is InChI=1S/C21H31N5O/c1-3-12-22-21(23-13-9-19-7-5-16-27-19)25-18-10-14-26(15-11-18)20-8-4-6-17(2)24-20/h4-8,16,18H,3,9-15H2,1-2H3,(H2,22,23,25). The number of aryl methyl sites for hydroxylation is 1. The molecule has 3 rings (SSSR count). The zero-order chi connectivity index (χ0) is 18.9. The van der Waals surface area contributed by atoms with E-state index in [1.165, 1.54) is 0 Å². The molecule has 1 aliphatic rings. The molecule has 0 saturated carbocycles. The van der Waals surface area contributed by atoms with Crippen molar-refractivity contribution in [3.63, 3.8) is 0 Å². The van der Waals surface area contributed by atoms with Crippen LogP contribution >= 0.6 is 0 Å². The molecule has 0 aliphatic carbocycles. The largest absolute Gasteiger partial charge is 0.469 e. The predicted molar refractivity (Wildman–Crippen MR) is 110 cm³/mol. The summed E-state index contributed by atoms with van der Waals surface area (Å²) in [5.74, 6) is 3.00. The van der Waals surface area contributed by atoms with E-state index in [1.807, 2.05) is 25.1 Å². The van der Waals surface area contributed by atoms with Crippen molar-refractivity contribution in [3.8, 4) is 0 Å². The first-order chi connectivity index (χ1) is 13.2. The van der Waals surface area contributed by atoms with Gasteiger partial charge in [0.15, 0.2) is 5.96 Å². The molecule has 146 valence electrons. The van der Waals surface area contributed by atoms with Gasteiger partial charge in [-0.1, -0.05) is 13.0 Å². The second-order valence-electron chi connectivity index (χ2n) is 7.03. The predicted octanol–water partition coefficient (Wildman–Crippen LogP) is 3.14. The Kier molecular flexibility index (Phi) is 7.13. The lowest BCUT2D eigenvalue weighted by Crippen LogP contribution is -2.49. The highest BCUT2D eigenvalue weighted by Gasteiger charge is 2.21. The highest BCUT2D eigenvalue weighted by molar-refractivity contribution is 5.80. The zero-order valence-corrected chi connectivity index (χ0v) is 16.4. The third-order valence-electron chi connectivity index (χ3n) is 4.77. The topological polar surface area (TPSA) is 65.7 Å². The maximum Gasteiger partial charge on any atom is 0.191 e. The summed E-state index contributed by atoms with van der Waals surface area (Å²) in [6.07, 6.45) is 5.79. The SMILES string of the molecule is CCCN=C(NCCc1ccco1)NC1CCN(c2cccc(C)n2)CC1. The zero-order valence-electron chi connectivity index (χ0n) is 16.4. The molecule has 0 atom stereocenters. The van der Waals surface area contributed by atoms with Crippen LogP contribution in [0.25, 0.3) is 0 Å². The normalized spacial score (nSPS) is 15.8. The Morgan fingerprint density at radius 1 is 1.26 bits per heavy atom. The van der Waals surface area contributed by atoms with Crippen molar-refractivity contribution in [2.75, 3.05) is 31.1 Å². The summed E-state index contributed by atoms with van der Waals surface area (Å²) < 4.78 is 5.40.